The number of aromatic nitrogens is 2. The molecule has 5 heteroatoms. The Balaban J connectivity index is 2.87. The summed E-state index contributed by atoms with van der Waals surface area (Å²) in [6, 6.07) is 1.82. The molecule has 0 unspecified atom stereocenters. The van der Waals surface area contributed by atoms with Crippen molar-refractivity contribution in [2.75, 3.05) is 0 Å². The van der Waals surface area contributed by atoms with Gasteiger partial charge in [0.2, 0.25) is 11.7 Å². The first-order chi connectivity index (χ1) is 5.24. The minimum atomic E-state index is -0.487. The first-order valence-corrected chi connectivity index (χ1v) is 2.93. The number of hydrogen-bond donors (Lipinski definition) is 1. The lowest BCUT2D eigenvalue weighted by Crippen LogP contribution is -2.19. The van der Waals surface area contributed by atoms with E-state index in [1.54, 1.807) is 0 Å². The van der Waals surface area contributed by atoms with E-state index in [0.29, 0.717) is 0 Å². The normalized spacial score (nSPS) is 9.00. The van der Waals surface area contributed by atoms with Crippen molar-refractivity contribution in [3.63, 3.8) is 0 Å². The Morgan fingerprint density at radius 2 is 2.64 bits per heavy atom. The summed E-state index contributed by atoms with van der Waals surface area (Å²) in [6.45, 7) is 0.00287. The Kier molecular flexibility index (Phi) is 1.88. The van der Waals surface area contributed by atoms with Gasteiger partial charge in [-0.15, -0.1) is 0 Å². The minimum absolute atomic E-state index is 0.00287. The smallest absolute Gasteiger partial charge is 0.237 e. The third-order valence-electron chi connectivity index (χ3n) is 1.14. The molecule has 0 saturated carbocycles. The number of rotatable bonds is 2. The average Bonchev–Trinajstić information content (AvgIpc) is 2.34. The maximum absolute atomic E-state index is 10.4. The van der Waals surface area contributed by atoms with Crippen molar-refractivity contribution in [3.05, 3.63) is 18.2 Å². The van der Waals surface area contributed by atoms with Gasteiger partial charge in [-0.3, -0.25) is 4.79 Å². The second-order valence-electron chi connectivity index (χ2n) is 1.96. The first-order valence-electron chi connectivity index (χ1n) is 2.93. The number of hydrogen-bond acceptors (Lipinski definition) is 3. The molecule has 1 aromatic rings. The number of nitriles is 1. The molecule has 0 fully saturated rings. The Hall–Kier alpha value is -1.83. The number of primary amides is 1. The summed E-state index contributed by atoms with van der Waals surface area (Å²) >= 11 is 0. The number of imidazole rings is 1. The number of amides is 1. The molecule has 1 rings (SSSR count). The van der Waals surface area contributed by atoms with E-state index in [-0.39, 0.29) is 12.4 Å². The summed E-state index contributed by atoms with van der Waals surface area (Å²) in [5.41, 5.74) is 4.91. The van der Waals surface area contributed by atoms with Gasteiger partial charge < -0.3 is 10.3 Å². The lowest BCUT2D eigenvalue weighted by molar-refractivity contribution is -0.118. The number of nitrogens with zero attached hydrogens (tertiary/aromatic N) is 3. The lowest BCUT2D eigenvalue weighted by atomic mass is 10.5. The summed E-state index contributed by atoms with van der Waals surface area (Å²) in [6.07, 6.45) is 2.98. The molecule has 0 spiro atoms. The van der Waals surface area contributed by atoms with Crippen molar-refractivity contribution in [1.29, 1.82) is 5.26 Å². The van der Waals surface area contributed by atoms with E-state index >= 15 is 0 Å². The molecule has 0 aromatic carbocycles. The summed E-state index contributed by atoms with van der Waals surface area (Å²) in [5, 5.41) is 8.43. The third kappa shape index (κ3) is 1.55. The number of carbonyl (C=O) groups excluding carboxylic acids is 1. The molecule has 11 heavy (non-hydrogen) atoms. The van der Waals surface area contributed by atoms with Crippen LogP contribution in [0.2, 0.25) is 0 Å². The van der Waals surface area contributed by atoms with Gasteiger partial charge in [0.15, 0.2) is 0 Å². The van der Waals surface area contributed by atoms with Crippen LogP contribution in [0.3, 0.4) is 0 Å². The highest BCUT2D eigenvalue weighted by molar-refractivity contribution is 5.73. The van der Waals surface area contributed by atoms with Crippen LogP contribution in [0.5, 0.6) is 0 Å². The predicted octanol–water partition coefficient (Wildman–Crippen LogP) is -0.760. The SMILES string of the molecule is N#Cc1nccn1CC(N)=O. The first kappa shape index (κ1) is 7.28. The van der Waals surface area contributed by atoms with Crippen LogP contribution in [0.1, 0.15) is 5.82 Å². The van der Waals surface area contributed by atoms with Gasteiger partial charge in [0.1, 0.15) is 12.6 Å². The second kappa shape index (κ2) is 2.84. The zero-order valence-corrected chi connectivity index (χ0v) is 5.69. The summed E-state index contributed by atoms with van der Waals surface area (Å²) in [7, 11) is 0. The van der Waals surface area contributed by atoms with Crippen LogP contribution in [0.4, 0.5) is 0 Å². The molecule has 5 nitrogen and oxygen atoms in total. The Labute approximate surface area is 63.1 Å². The molecule has 0 saturated heterocycles. The molecular weight excluding hydrogens is 144 g/mol. The van der Waals surface area contributed by atoms with Crippen LogP contribution in [0.15, 0.2) is 12.4 Å². The highest BCUT2D eigenvalue weighted by atomic mass is 16.1. The topological polar surface area (TPSA) is 84.7 Å². The highest BCUT2D eigenvalue weighted by Gasteiger charge is 2.02. The average molecular weight is 150 g/mol. The van der Waals surface area contributed by atoms with Gasteiger partial charge in [0.05, 0.1) is 0 Å². The lowest BCUT2D eigenvalue weighted by Gasteiger charge is -1.96. The molecule has 0 aliphatic rings. The standard InChI is InChI=1S/C6H6N4O/c7-3-6-9-1-2-10(6)4-5(8)11/h1-2H,4H2,(H2,8,11). The predicted molar refractivity (Wildman–Crippen MR) is 36.1 cm³/mol. The van der Waals surface area contributed by atoms with Gasteiger partial charge in [0.25, 0.3) is 0 Å². The van der Waals surface area contributed by atoms with E-state index in [1.807, 2.05) is 6.07 Å². The zero-order valence-electron chi connectivity index (χ0n) is 5.69. The Morgan fingerprint density at radius 3 is 3.18 bits per heavy atom. The monoisotopic (exact) mass is 150 g/mol. The molecule has 0 radical (unpaired) electrons. The maximum atomic E-state index is 10.4. The molecule has 0 atom stereocenters. The fraction of sp³-hybridized carbons (Fsp3) is 0.167. The van der Waals surface area contributed by atoms with Crippen LogP contribution in [0.25, 0.3) is 0 Å². The van der Waals surface area contributed by atoms with Gasteiger partial charge in [0, 0.05) is 12.4 Å². The van der Waals surface area contributed by atoms with Gasteiger partial charge in [-0.05, 0) is 0 Å². The van der Waals surface area contributed by atoms with Crippen LogP contribution in [0, 0.1) is 11.3 Å². The quantitative estimate of drug-likeness (QED) is 0.601. The largest absolute Gasteiger partial charge is 0.368 e. The van der Waals surface area contributed by atoms with Crippen molar-refractivity contribution in [3.8, 4) is 6.07 Å². The molecule has 1 amide bonds. The van der Waals surface area contributed by atoms with Crippen LogP contribution in [-0.4, -0.2) is 15.5 Å². The zero-order chi connectivity index (χ0) is 8.27. The summed E-state index contributed by atoms with van der Waals surface area (Å²) in [5.74, 6) is -0.289. The van der Waals surface area contributed by atoms with Crippen molar-refractivity contribution >= 4 is 5.91 Å². The van der Waals surface area contributed by atoms with Gasteiger partial charge >= 0.3 is 0 Å². The fourth-order valence-electron chi connectivity index (χ4n) is 0.718. The van der Waals surface area contributed by atoms with Gasteiger partial charge in [-0.25, -0.2) is 4.98 Å². The number of nitrogens with two attached hydrogens (primary N) is 1. The molecule has 0 aliphatic heterocycles. The number of carbonyl (C=O) groups is 1. The van der Waals surface area contributed by atoms with E-state index in [1.165, 1.54) is 17.0 Å². The maximum Gasteiger partial charge on any atom is 0.237 e. The minimum Gasteiger partial charge on any atom is -0.368 e. The van der Waals surface area contributed by atoms with E-state index in [4.69, 9.17) is 11.0 Å². The van der Waals surface area contributed by atoms with E-state index in [9.17, 15) is 4.79 Å². The van der Waals surface area contributed by atoms with Crippen LogP contribution in [-0.2, 0) is 11.3 Å². The fourth-order valence-corrected chi connectivity index (χ4v) is 0.718. The van der Waals surface area contributed by atoms with Crippen molar-refractivity contribution in [1.82, 2.24) is 9.55 Å². The van der Waals surface area contributed by atoms with E-state index in [0.717, 1.165) is 0 Å². The molecular formula is C6H6N4O. The van der Waals surface area contributed by atoms with E-state index in [2.05, 4.69) is 4.98 Å². The van der Waals surface area contributed by atoms with Crippen LogP contribution < -0.4 is 5.73 Å². The van der Waals surface area contributed by atoms with Crippen molar-refractivity contribution in [2.24, 2.45) is 5.73 Å². The second-order valence-corrected chi connectivity index (χ2v) is 1.96. The van der Waals surface area contributed by atoms with Crippen molar-refractivity contribution < 1.29 is 4.79 Å². The van der Waals surface area contributed by atoms with E-state index < -0.39 is 5.91 Å². The molecule has 0 bridgehead atoms. The molecule has 0 aliphatic carbocycles. The molecule has 2 N–H and O–H groups in total. The Bertz CT molecular complexity index is 309. The Morgan fingerprint density at radius 1 is 1.91 bits per heavy atom. The summed E-state index contributed by atoms with van der Waals surface area (Å²) < 4.78 is 1.39. The molecule has 1 aromatic heterocycles. The molecule has 56 valence electrons. The highest BCUT2D eigenvalue weighted by Crippen LogP contribution is 1.93. The van der Waals surface area contributed by atoms with Crippen molar-refractivity contribution in [2.45, 2.75) is 6.54 Å². The summed E-state index contributed by atoms with van der Waals surface area (Å²) in [4.78, 5) is 14.1. The molecule has 1 heterocycles. The van der Waals surface area contributed by atoms with Gasteiger partial charge in [-0.2, -0.15) is 5.26 Å². The van der Waals surface area contributed by atoms with Gasteiger partial charge in [-0.1, -0.05) is 0 Å². The van der Waals surface area contributed by atoms with Crippen LogP contribution >= 0.6 is 0 Å². The third-order valence-corrected chi connectivity index (χ3v) is 1.14.